The molecule has 0 unspecified atom stereocenters. The van der Waals surface area contributed by atoms with Gasteiger partial charge >= 0.3 is 0 Å². The van der Waals surface area contributed by atoms with Crippen molar-refractivity contribution in [2.24, 2.45) is 0 Å². The summed E-state index contributed by atoms with van der Waals surface area (Å²) in [7, 11) is 3.25. The third kappa shape index (κ3) is 3.80. The number of carbonyl (C=O) groups is 1. The van der Waals surface area contributed by atoms with Gasteiger partial charge in [-0.15, -0.1) is 0 Å². The molecular weight excluding hydrogens is 364 g/mol. The molecule has 1 aliphatic heterocycles. The lowest BCUT2D eigenvalue weighted by Crippen LogP contribution is -2.30. The van der Waals surface area contributed by atoms with Crippen molar-refractivity contribution < 1.29 is 14.3 Å². The Labute approximate surface area is 170 Å². The van der Waals surface area contributed by atoms with E-state index in [4.69, 9.17) is 9.47 Å². The first-order valence-corrected chi connectivity index (χ1v) is 9.35. The maximum absolute atomic E-state index is 13.3. The predicted octanol–water partition coefficient (Wildman–Crippen LogP) is 4.79. The van der Waals surface area contributed by atoms with E-state index in [9.17, 15) is 4.79 Å². The number of nitrogens with zero attached hydrogens (tertiary/aromatic N) is 1. The molecule has 4 rings (SSSR count). The molecule has 0 radical (unpaired) electrons. The Morgan fingerprint density at radius 1 is 0.793 bits per heavy atom. The molecule has 0 saturated carbocycles. The van der Waals surface area contributed by atoms with Gasteiger partial charge in [0.05, 0.1) is 20.3 Å². The molecule has 3 aromatic carbocycles. The molecule has 1 N–H and O–H groups in total. The lowest BCUT2D eigenvalue weighted by atomic mass is 10.1. The Balaban J connectivity index is 1.67. The zero-order chi connectivity index (χ0) is 20.2. The van der Waals surface area contributed by atoms with Crippen molar-refractivity contribution in [3.8, 4) is 11.5 Å². The Kier molecular flexibility index (Phi) is 5.20. The first-order valence-electron chi connectivity index (χ1n) is 9.35. The zero-order valence-electron chi connectivity index (χ0n) is 16.3. The summed E-state index contributed by atoms with van der Waals surface area (Å²) >= 11 is 0. The van der Waals surface area contributed by atoms with Crippen molar-refractivity contribution in [2.45, 2.75) is 6.04 Å². The van der Waals surface area contributed by atoms with Crippen LogP contribution in [0, 0.1) is 0 Å². The minimum absolute atomic E-state index is 0.0835. The van der Waals surface area contributed by atoms with E-state index in [0.29, 0.717) is 5.70 Å². The van der Waals surface area contributed by atoms with Crippen molar-refractivity contribution in [2.75, 3.05) is 24.4 Å². The number of hydrogen-bond acceptors (Lipinski definition) is 4. The van der Waals surface area contributed by atoms with Crippen LogP contribution in [-0.2, 0) is 4.79 Å². The van der Waals surface area contributed by atoms with Crippen molar-refractivity contribution in [1.29, 1.82) is 0 Å². The second-order valence-corrected chi connectivity index (χ2v) is 6.66. The van der Waals surface area contributed by atoms with Crippen molar-refractivity contribution >= 4 is 17.3 Å². The van der Waals surface area contributed by atoms with Gasteiger partial charge < -0.3 is 14.8 Å². The van der Waals surface area contributed by atoms with E-state index in [1.807, 2.05) is 84.9 Å². The second-order valence-electron chi connectivity index (χ2n) is 6.66. The number of ether oxygens (including phenoxy) is 2. The lowest BCUT2D eigenvalue weighted by Gasteiger charge is -2.25. The van der Waals surface area contributed by atoms with E-state index in [1.54, 1.807) is 19.1 Å². The standard InChI is InChI=1S/C24H22N2O3/c1-28-20-12-8-18(9-13-20)25-22-16-23(17-6-4-3-5-7-17)26(24(22)27)19-10-14-21(29-2)15-11-19/h3-16,23,25H,1-2H3/t23-/m1/s1. The summed E-state index contributed by atoms with van der Waals surface area (Å²) in [5, 5.41) is 3.25. The Morgan fingerprint density at radius 3 is 1.97 bits per heavy atom. The van der Waals surface area contributed by atoms with Crippen LogP contribution in [0.2, 0.25) is 0 Å². The fraction of sp³-hybridized carbons (Fsp3) is 0.125. The zero-order valence-corrected chi connectivity index (χ0v) is 16.3. The van der Waals surface area contributed by atoms with Crippen LogP contribution in [0.15, 0.2) is 90.6 Å². The molecule has 3 aromatic rings. The molecule has 29 heavy (non-hydrogen) atoms. The number of carbonyl (C=O) groups excluding carboxylic acids is 1. The molecule has 1 aliphatic rings. The average molecular weight is 386 g/mol. The SMILES string of the molecule is COc1ccc(NC2=C[C@H](c3ccccc3)N(c3ccc(OC)cc3)C2=O)cc1. The molecule has 0 aliphatic carbocycles. The molecule has 1 atom stereocenters. The van der Waals surface area contributed by atoms with E-state index < -0.39 is 0 Å². The van der Waals surface area contributed by atoms with Crippen LogP contribution in [0.5, 0.6) is 11.5 Å². The van der Waals surface area contributed by atoms with Gasteiger partial charge in [-0.1, -0.05) is 30.3 Å². The van der Waals surface area contributed by atoms with Crippen LogP contribution in [0.1, 0.15) is 11.6 Å². The molecule has 0 saturated heterocycles. The number of anilines is 2. The van der Waals surface area contributed by atoms with E-state index in [2.05, 4.69) is 5.32 Å². The predicted molar refractivity (Wildman–Crippen MR) is 114 cm³/mol. The van der Waals surface area contributed by atoms with Crippen LogP contribution < -0.4 is 19.7 Å². The van der Waals surface area contributed by atoms with Gasteiger partial charge in [-0.05, 0) is 60.2 Å². The van der Waals surface area contributed by atoms with Crippen LogP contribution in [-0.4, -0.2) is 20.1 Å². The summed E-state index contributed by atoms with van der Waals surface area (Å²) in [5.41, 5.74) is 3.23. The average Bonchev–Trinajstić information content (AvgIpc) is 3.11. The smallest absolute Gasteiger partial charge is 0.275 e. The summed E-state index contributed by atoms with van der Waals surface area (Å²) in [6.07, 6.45) is 1.96. The third-order valence-electron chi connectivity index (χ3n) is 4.91. The summed E-state index contributed by atoms with van der Waals surface area (Å²) in [5.74, 6) is 1.44. The van der Waals surface area contributed by atoms with E-state index in [1.165, 1.54) is 0 Å². The Hall–Kier alpha value is -3.73. The number of nitrogens with one attached hydrogen (secondary N) is 1. The second kappa shape index (κ2) is 8.10. The van der Waals surface area contributed by atoms with E-state index in [-0.39, 0.29) is 11.9 Å². The number of methoxy groups -OCH3 is 2. The number of benzene rings is 3. The molecule has 0 bridgehead atoms. The molecule has 146 valence electrons. The van der Waals surface area contributed by atoms with E-state index in [0.717, 1.165) is 28.4 Å². The maximum Gasteiger partial charge on any atom is 0.275 e. The Morgan fingerprint density at radius 2 is 1.38 bits per heavy atom. The molecule has 1 heterocycles. The summed E-state index contributed by atoms with van der Waals surface area (Å²) in [6.45, 7) is 0. The van der Waals surface area contributed by atoms with Crippen LogP contribution in [0.4, 0.5) is 11.4 Å². The molecule has 0 spiro atoms. The van der Waals surface area contributed by atoms with Crippen LogP contribution in [0.25, 0.3) is 0 Å². The third-order valence-corrected chi connectivity index (χ3v) is 4.91. The molecular formula is C24H22N2O3. The van der Waals surface area contributed by atoms with Gasteiger partial charge in [0.15, 0.2) is 0 Å². The minimum Gasteiger partial charge on any atom is -0.497 e. The Bertz CT molecular complexity index is 1010. The van der Waals surface area contributed by atoms with Crippen molar-refractivity contribution in [1.82, 2.24) is 0 Å². The molecule has 1 amide bonds. The first-order chi connectivity index (χ1) is 14.2. The highest BCUT2D eigenvalue weighted by atomic mass is 16.5. The van der Waals surface area contributed by atoms with Gasteiger partial charge in [-0.3, -0.25) is 9.69 Å². The molecule has 5 heteroatoms. The fourth-order valence-corrected chi connectivity index (χ4v) is 3.40. The molecule has 0 fully saturated rings. The van der Waals surface area contributed by atoms with Gasteiger partial charge in [0, 0.05) is 11.4 Å². The van der Waals surface area contributed by atoms with E-state index >= 15 is 0 Å². The monoisotopic (exact) mass is 386 g/mol. The minimum atomic E-state index is -0.196. The van der Waals surface area contributed by atoms with Gasteiger partial charge in [0.2, 0.25) is 0 Å². The van der Waals surface area contributed by atoms with Crippen LogP contribution in [0.3, 0.4) is 0 Å². The van der Waals surface area contributed by atoms with Gasteiger partial charge in [0.1, 0.15) is 17.2 Å². The normalized spacial score (nSPS) is 15.8. The van der Waals surface area contributed by atoms with Crippen molar-refractivity contribution in [3.05, 3.63) is 96.2 Å². The number of rotatable bonds is 6. The summed E-state index contributed by atoms with van der Waals surface area (Å²) in [4.78, 5) is 15.1. The van der Waals surface area contributed by atoms with Gasteiger partial charge in [-0.2, -0.15) is 0 Å². The number of amides is 1. The lowest BCUT2D eigenvalue weighted by molar-refractivity contribution is -0.114. The first kappa shape index (κ1) is 18.6. The van der Waals surface area contributed by atoms with Crippen molar-refractivity contribution in [3.63, 3.8) is 0 Å². The molecule has 0 aromatic heterocycles. The van der Waals surface area contributed by atoms with Gasteiger partial charge in [0.25, 0.3) is 5.91 Å². The largest absolute Gasteiger partial charge is 0.497 e. The maximum atomic E-state index is 13.3. The highest BCUT2D eigenvalue weighted by Gasteiger charge is 2.34. The summed E-state index contributed by atoms with van der Waals surface area (Å²) in [6, 6.07) is 24.8. The highest BCUT2D eigenvalue weighted by Crippen LogP contribution is 2.36. The molecule has 5 nitrogen and oxygen atoms in total. The topological polar surface area (TPSA) is 50.8 Å². The number of hydrogen-bond donors (Lipinski definition) is 1. The highest BCUT2D eigenvalue weighted by molar-refractivity contribution is 6.11. The summed E-state index contributed by atoms with van der Waals surface area (Å²) < 4.78 is 10.5. The fourth-order valence-electron chi connectivity index (χ4n) is 3.40. The van der Waals surface area contributed by atoms with Crippen LogP contribution >= 0.6 is 0 Å². The van der Waals surface area contributed by atoms with Gasteiger partial charge in [-0.25, -0.2) is 0 Å². The quantitative estimate of drug-likeness (QED) is 0.662.